The lowest BCUT2D eigenvalue weighted by Crippen LogP contribution is -2.44. The van der Waals surface area contributed by atoms with Crippen LogP contribution in [-0.4, -0.2) is 32.5 Å². The fourth-order valence-corrected chi connectivity index (χ4v) is 2.94. The molecular weight excluding hydrogens is 280 g/mol. The predicted octanol–water partition coefficient (Wildman–Crippen LogP) is 2.49. The van der Waals surface area contributed by atoms with Crippen LogP contribution < -0.4 is 0 Å². The molecule has 1 saturated heterocycles. The first-order valence-corrected chi connectivity index (χ1v) is 7.62. The zero-order valence-electron chi connectivity index (χ0n) is 13.2. The molecule has 116 valence electrons. The molecule has 0 N–H and O–H groups in total. The number of carbonyl (C=O) groups is 1. The molecule has 1 amide bonds. The molecule has 3 heterocycles. The molecule has 22 heavy (non-hydrogen) atoms. The Hall–Kier alpha value is -2.24. The van der Waals surface area contributed by atoms with E-state index < -0.39 is 5.54 Å². The Morgan fingerprint density at radius 3 is 3.00 bits per heavy atom. The number of likely N-dealkylation sites (tertiary alicyclic amines) is 1. The van der Waals surface area contributed by atoms with Crippen LogP contribution in [0.1, 0.15) is 54.5 Å². The number of aryl methyl sites for hydroxylation is 2. The standard InChI is InChI=1S/C16H20N4O2/c1-4-12-10-13(22-19-12)14(21)20-9-5-7-16(20,3)15-17-8-6-11(2)18-15/h6,8,10H,4-5,7,9H2,1-3H3. The Morgan fingerprint density at radius 1 is 1.50 bits per heavy atom. The Labute approximate surface area is 129 Å². The van der Waals surface area contributed by atoms with Gasteiger partial charge in [-0.15, -0.1) is 0 Å². The molecular formula is C16H20N4O2. The van der Waals surface area contributed by atoms with Crippen molar-refractivity contribution in [3.63, 3.8) is 0 Å². The van der Waals surface area contributed by atoms with Gasteiger partial charge in [-0.1, -0.05) is 12.1 Å². The van der Waals surface area contributed by atoms with Gasteiger partial charge in [-0.3, -0.25) is 4.79 Å². The van der Waals surface area contributed by atoms with Crippen molar-refractivity contribution in [2.45, 2.75) is 45.6 Å². The molecule has 0 spiro atoms. The van der Waals surface area contributed by atoms with Crippen LogP contribution in [-0.2, 0) is 12.0 Å². The number of carbonyl (C=O) groups excluding carboxylic acids is 1. The van der Waals surface area contributed by atoms with Crippen LogP contribution in [0, 0.1) is 6.92 Å². The van der Waals surface area contributed by atoms with Gasteiger partial charge in [-0.2, -0.15) is 0 Å². The molecule has 3 rings (SSSR count). The van der Waals surface area contributed by atoms with Crippen LogP contribution in [0.4, 0.5) is 0 Å². The van der Waals surface area contributed by atoms with E-state index in [4.69, 9.17) is 4.52 Å². The molecule has 1 atom stereocenters. The van der Waals surface area contributed by atoms with Gasteiger partial charge < -0.3 is 9.42 Å². The smallest absolute Gasteiger partial charge is 0.293 e. The maximum Gasteiger partial charge on any atom is 0.293 e. The highest BCUT2D eigenvalue weighted by atomic mass is 16.5. The van der Waals surface area contributed by atoms with Gasteiger partial charge in [0.1, 0.15) is 5.54 Å². The molecule has 1 unspecified atom stereocenters. The van der Waals surface area contributed by atoms with Crippen molar-refractivity contribution < 1.29 is 9.32 Å². The predicted molar refractivity (Wildman–Crippen MR) is 80.3 cm³/mol. The monoisotopic (exact) mass is 300 g/mol. The third kappa shape index (κ3) is 2.38. The van der Waals surface area contributed by atoms with Crippen LogP contribution in [0.3, 0.4) is 0 Å². The van der Waals surface area contributed by atoms with Crippen molar-refractivity contribution in [1.82, 2.24) is 20.0 Å². The fourth-order valence-electron chi connectivity index (χ4n) is 2.94. The van der Waals surface area contributed by atoms with Crippen molar-refractivity contribution in [2.75, 3.05) is 6.54 Å². The minimum Gasteiger partial charge on any atom is -0.351 e. The normalized spacial score (nSPS) is 21.3. The van der Waals surface area contributed by atoms with E-state index in [-0.39, 0.29) is 11.7 Å². The first-order chi connectivity index (χ1) is 10.5. The minimum absolute atomic E-state index is 0.141. The number of aromatic nitrogens is 3. The molecule has 2 aromatic heterocycles. The van der Waals surface area contributed by atoms with Crippen molar-refractivity contribution in [1.29, 1.82) is 0 Å². The van der Waals surface area contributed by atoms with Crippen molar-refractivity contribution in [3.8, 4) is 0 Å². The zero-order valence-corrected chi connectivity index (χ0v) is 13.2. The third-order valence-electron chi connectivity index (χ3n) is 4.29. The summed E-state index contributed by atoms with van der Waals surface area (Å²) >= 11 is 0. The molecule has 0 saturated carbocycles. The van der Waals surface area contributed by atoms with Gasteiger partial charge >= 0.3 is 0 Å². The lowest BCUT2D eigenvalue weighted by molar-refractivity contribution is 0.0561. The van der Waals surface area contributed by atoms with E-state index >= 15 is 0 Å². The summed E-state index contributed by atoms with van der Waals surface area (Å²) in [7, 11) is 0. The minimum atomic E-state index is -0.498. The van der Waals surface area contributed by atoms with Gasteiger partial charge in [0, 0.05) is 24.5 Å². The largest absolute Gasteiger partial charge is 0.351 e. The molecule has 6 nitrogen and oxygen atoms in total. The number of rotatable bonds is 3. The van der Waals surface area contributed by atoms with Crippen LogP contribution in [0.5, 0.6) is 0 Å². The molecule has 1 aliphatic rings. The van der Waals surface area contributed by atoms with Crippen molar-refractivity contribution in [2.24, 2.45) is 0 Å². The number of hydrogen-bond acceptors (Lipinski definition) is 5. The molecule has 2 aromatic rings. The quantitative estimate of drug-likeness (QED) is 0.870. The second kappa shape index (κ2) is 5.51. The molecule has 6 heteroatoms. The van der Waals surface area contributed by atoms with E-state index in [1.54, 1.807) is 12.3 Å². The molecule has 0 aromatic carbocycles. The van der Waals surface area contributed by atoms with Gasteiger partial charge in [0.2, 0.25) is 5.76 Å². The molecule has 1 aliphatic heterocycles. The van der Waals surface area contributed by atoms with E-state index in [0.717, 1.165) is 30.7 Å². The average molecular weight is 300 g/mol. The summed E-state index contributed by atoms with van der Waals surface area (Å²) in [5.74, 6) is 0.837. The first-order valence-electron chi connectivity index (χ1n) is 7.62. The number of hydrogen-bond donors (Lipinski definition) is 0. The van der Waals surface area contributed by atoms with Gasteiger partial charge in [-0.05, 0) is 39.2 Å². The Bertz CT molecular complexity index is 697. The van der Waals surface area contributed by atoms with Crippen LogP contribution in [0.15, 0.2) is 22.9 Å². The molecule has 0 aliphatic carbocycles. The first kappa shape index (κ1) is 14.7. The summed E-state index contributed by atoms with van der Waals surface area (Å²) in [6, 6.07) is 3.58. The summed E-state index contributed by atoms with van der Waals surface area (Å²) in [6.07, 6.45) is 4.26. The Kier molecular flexibility index (Phi) is 3.68. The summed E-state index contributed by atoms with van der Waals surface area (Å²) in [5, 5.41) is 3.91. The van der Waals surface area contributed by atoms with E-state index in [1.807, 2.05) is 31.7 Å². The lowest BCUT2D eigenvalue weighted by atomic mass is 9.97. The van der Waals surface area contributed by atoms with Gasteiger partial charge in [0.05, 0.1) is 5.69 Å². The molecule has 0 radical (unpaired) electrons. The SMILES string of the molecule is CCc1cc(C(=O)N2CCCC2(C)c2nccc(C)n2)on1. The number of amides is 1. The maximum atomic E-state index is 12.8. The van der Waals surface area contributed by atoms with E-state index in [0.29, 0.717) is 12.4 Å². The fraction of sp³-hybridized carbons (Fsp3) is 0.500. The zero-order chi connectivity index (χ0) is 15.7. The third-order valence-corrected chi connectivity index (χ3v) is 4.29. The number of nitrogens with zero attached hydrogens (tertiary/aromatic N) is 4. The highest BCUT2D eigenvalue weighted by Gasteiger charge is 2.44. The summed E-state index contributed by atoms with van der Waals surface area (Å²) in [6.45, 7) is 6.60. The Balaban J connectivity index is 1.93. The second-order valence-electron chi connectivity index (χ2n) is 5.89. The maximum absolute atomic E-state index is 12.8. The van der Waals surface area contributed by atoms with Crippen LogP contribution >= 0.6 is 0 Å². The second-order valence-corrected chi connectivity index (χ2v) is 5.89. The van der Waals surface area contributed by atoms with Crippen molar-refractivity contribution >= 4 is 5.91 Å². The summed E-state index contributed by atoms with van der Waals surface area (Å²) in [5.41, 5.74) is 1.19. The average Bonchev–Trinajstić information content (AvgIpc) is 3.14. The topological polar surface area (TPSA) is 72.1 Å². The van der Waals surface area contributed by atoms with E-state index in [1.165, 1.54) is 0 Å². The van der Waals surface area contributed by atoms with Gasteiger partial charge in [-0.25, -0.2) is 9.97 Å². The van der Waals surface area contributed by atoms with Gasteiger partial charge in [0.15, 0.2) is 5.82 Å². The Morgan fingerprint density at radius 2 is 2.32 bits per heavy atom. The van der Waals surface area contributed by atoms with Crippen LogP contribution in [0.2, 0.25) is 0 Å². The van der Waals surface area contributed by atoms with E-state index in [9.17, 15) is 4.79 Å². The summed E-state index contributed by atoms with van der Waals surface area (Å²) in [4.78, 5) is 23.5. The van der Waals surface area contributed by atoms with E-state index in [2.05, 4.69) is 15.1 Å². The van der Waals surface area contributed by atoms with Crippen LogP contribution in [0.25, 0.3) is 0 Å². The van der Waals surface area contributed by atoms with Crippen molar-refractivity contribution in [3.05, 3.63) is 41.3 Å². The molecule has 1 fully saturated rings. The molecule has 0 bridgehead atoms. The lowest BCUT2D eigenvalue weighted by Gasteiger charge is -2.33. The van der Waals surface area contributed by atoms with Gasteiger partial charge in [0.25, 0.3) is 5.91 Å². The summed E-state index contributed by atoms with van der Waals surface area (Å²) < 4.78 is 5.20. The highest BCUT2D eigenvalue weighted by Crippen LogP contribution is 2.37. The highest BCUT2D eigenvalue weighted by molar-refractivity contribution is 5.92.